The topological polar surface area (TPSA) is 91.9 Å². The Morgan fingerprint density at radius 2 is 1.71 bits per heavy atom. The number of carbonyl (C=O) groups is 1. The van der Waals surface area contributed by atoms with E-state index in [4.69, 9.17) is 5.21 Å². The lowest BCUT2D eigenvalue weighted by atomic mass is 10.0. The van der Waals surface area contributed by atoms with E-state index >= 15 is 0 Å². The summed E-state index contributed by atoms with van der Waals surface area (Å²) >= 11 is -1.25. The molecular formula is C26H35N5O3S. The molecule has 1 amide bonds. The van der Waals surface area contributed by atoms with Crippen molar-refractivity contribution in [3.63, 3.8) is 0 Å². The summed E-state index contributed by atoms with van der Waals surface area (Å²) in [4.78, 5) is 16.7. The zero-order chi connectivity index (χ0) is 24.6. The largest absolute Gasteiger partial charge is 0.361 e. The predicted octanol–water partition coefficient (Wildman–Crippen LogP) is 3.92. The van der Waals surface area contributed by atoms with Crippen molar-refractivity contribution in [3.05, 3.63) is 54.7 Å². The van der Waals surface area contributed by atoms with Gasteiger partial charge in [0.25, 0.3) is 0 Å². The zero-order valence-corrected chi connectivity index (χ0v) is 21.1. The highest BCUT2D eigenvalue weighted by Crippen LogP contribution is 2.27. The second-order valence-corrected chi connectivity index (χ2v) is 10.5. The van der Waals surface area contributed by atoms with Crippen LogP contribution in [0, 0.1) is 0 Å². The van der Waals surface area contributed by atoms with E-state index in [1.807, 2.05) is 10.5 Å². The van der Waals surface area contributed by atoms with Gasteiger partial charge >= 0.3 is 0 Å². The average molecular weight is 498 g/mol. The van der Waals surface area contributed by atoms with E-state index < -0.39 is 11.2 Å². The van der Waals surface area contributed by atoms with Crippen LogP contribution in [0.4, 0.5) is 5.69 Å². The Kier molecular flexibility index (Phi) is 8.92. The van der Waals surface area contributed by atoms with Crippen molar-refractivity contribution >= 4 is 33.7 Å². The molecule has 35 heavy (non-hydrogen) atoms. The molecular weight excluding hydrogens is 462 g/mol. The molecule has 2 heterocycles. The smallest absolute Gasteiger partial charge is 0.243 e. The Hall–Kier alpha value is -2.72. The normalized spacial score (nSPS) is 15.8. The van der Waals surface area contributed by atoms with Gasteiger partial charge < -0.3 is 9.88 Å². The van der Waals surface area contributed by atoms with Gasteiger partial charge in [0, 0.05) is 50.9 Å². The standard InChI is InChI=1S/C26H35N5O3S/c1-29-16-18-30(19-17-29)35(34)31(15-5-3-2-4-6-26(32)28-33)24-11-9-21(10-12-24)23-8-7-22-13-14-27-25(22)20-23/h7-14,20,27,33H,2-6,15-19H2,1H3,(H,28,32). The van der Waals surface area contributed by atoms with Gasteiger partial charge in [-0.25, -0.2) is 14.0 Å². The summed E-state index contributed by atoms with van der Waals surface area (Å²) in [6, 6.07) is 16.8. The number of hydrogen-bond acceptors (Lipinski definition) is 4. The zero-order valence-electron chi connectivity index (χ0n) is 20.3. The Morgan fingerprint density at radius 3 is 2.46 bits per heavy atom. The lowest BCUT2D eigenvalue weighted by Gasteiger charge is -2.35. The van der Waals surface area contributed by atoms with E-state index in [0.717, 1.165) is 74.2 Å². The first-order chi connectivity index (χ1) is 17.0. The second-order valence-electron chi connectivity index (χ2n) is 9.09. The number of aromatic nitrogens is 1. The fourth-order valence-corrected chi connectivity index (χ4v) is 5.72. The van der Waals surface area contributed by atoms with Crippen LogP contribution in [0.15, 0.2) is 54.7 Å². The molecule has 4 rings (SSSR count). The van der Waals surface area contributed by atoms with Crippen LogP contribution >= 0.6 is 0 Å². The molecule has 0 radical (unpaired) electrons. The van der Waals surface area contributed by atoms with Gasteiger partial charge in [0.2, 0.25) is 5.91 Å². The van der Waals surface area contributed by atoms with Gasteiger partial charge in [0.15, 0.2) is 11.2 Å². The number of amides is 1. The highest BCUT2D eigenvalue weighted by molar-refractivity contribution is 7.84. The minimum absolute atomic E-state index is 0.323. The van der Waals surface area contributed by atoms with Gasteiger partial charge in [0.1, 0.15) is 0 Å². The van der Waals surface area contributed by atoms with Crippen molar-refractivity contribution in [2.75, 3.05) is 44.1 Å². The Labute approximate surface area is 209 Å². The number of fused-ring (bicyclic) bond motifs is 1. The SMILES string of the molecule is CN1CCN(S(=O)N(CCCCCCC(=O)NO)c2ccc(-c3ccc4cc[nH]c4c3)cc2)CC1. The number of hydrogen-bond donors (Lipinski definition) is 3. The number of likely N-dealkylation sites (N-methyl/N-ethyl adjacent to an activating group) is 1. The predicted molar refractivity (Wildman–Crippen MR) is 141 cm³/mol. The molecule has 3 N–H and O–H groups in total. The number of nitrogens with zero attached hydrogens (tertiary/aromatic N) is 3. The van der Waals surface area contributed by atoms with Crippen molar-refractivity contribution in [1.29, 1.82) is 0 Å². The van der Waals surface area contributed by atoms with Crippen molar-refractivity contribution in [1.82, 2.24) is 19.7 Å². The van der Waals surface area contributed by atoms with Crippen molar-refractivity contribution in [2.45, 2.75) is 32.1 Å². The Bertz CT molecular complexity index is 1130. The molecule has 0 saturated carbocycles. The molecule has 1 unspecified atom stereocenters. The summed E-state index contributed by atoms with van der Waals surface area (Å²) in [7, 11) is 2.10. The molecule has 0 aliphatic carbocycles. The van der Waals surface area contributed by atoms with Crippen LogP contribution in [0.5, 0.6) is 0 Å². The molecule has 0 bridgehead atoms. The minimum Gasteiger partial charge on any atom is -0.361 e. The summed E-state index contributed by atoms with van der Waals surface area (Å²) in [6.45, 7) is 4.06. The van der Waals surface area contributed by atoms with Crippen LogP contribution in [0.25, 0.3) is 22.0 Å². The van der Waals surface area contributed by atoms with E-state index in [2.05, 4.69) is 69.8 Å². The van der Waals surface area contributed by atoms with Crippen LogP contribution in [0.1, 0.15) is 32.1 Å². The lowest BCUT2D eigenvalue weighted by molar-refractivity contribution is -0.129. The molecule has 1 fully saturated rings. The molecule has 1 saturated heterocycles. The number of H-pyrrole nitrogens is 1. The molecule has 1 aromatic heterocycles. The maximum atomic E-state index is 13.6. The van der Waals surface area contributed by atoms with Gasteiger partial charge in [-0.05, 0) is 60.7 Å². The monoisotopic (exact) mass is 497 g/mol. The quantitative estimate of drug-likeness (QED) is 0.213. The maximum Gasteiger partial charge on any atom is 0.243 e. The lowest BCUT2D eigenvalue weighted by Crippen LogP contribution is -2.49. The molecule has 8 nitrogen and oxygen atoms in total. The minimum atomic E-state index is -1.25. The number of aromatic amines is 1. The number of piperazine rings is 1. The highest BCUT2D eigenvalue weighted by Gasteiger charge is 2.24. The molecule has 0 spiro atoms. The number of anilines is 1. The molecule has 1 atom stereocenters. The third kappa shape index (κ3) is 6.70. The van der Waals surface area contributed by atoms with Crippen LogP contribution in [0.2, 0.25) is 0 Å². The second kappa shape index (κ2) is 12.3. The number of benzene rings is 2. The van der Waals surface area contributed by atoms with Gasteiger partial charge in [0.05, 0.1) is 5.69 Å². The first-order valence-corrected chi connectivity index (χ1v) is 13.3. The third-order valence-electron chi connectivity index (χ3n) is 6.56. The fraction of sp³-hybridized carbons (Fsp3) is 0.423. The van der Waals surface area contributed by atoms with Crippen LogP contribution in [-0.2, 0) is 16.0 Å². The van der Waals surface area contributed by atoms with E-state index in [0.29, 0.717) is 13.0 Å². The summed E-state index contributed by atoms with van der Waals surface area (Å²) in [5, 5.41) is 9.81. The number of unbranched alkanes of at least 4 members (excludes halogenated alkanes) is 3. The summed E-state index contributed by atoms with van der Waals surface area (Å²) in [6.07, 6.45) is 5.71. The fourth-order valence-electron chi connectivity index (χ4n) is 4.38. The number of rotatable bonds is 11. The molecule has 9 heteroatoms. The third-order valence-corrected chi connectivity index (χ3v) is 8.13. The summed E-state index contributed by atoms with van der Waals surface area (Å²) in [5.74, 6) is -0.349. The first-order valence-electron chi connectivity index (χ1n) is 12.3. The van der Waals surface area contributed by atoms with Gasteiger partial charge in [-0.2, -0.15) is 0 Å². The molecule has 1 aliphatic rings. The first kappa shape index (κ1) is 25.4. The van der Waals surface area contributed by atoms with Gasteiger partial charge in [-0.15, -0.1) is 0 Å². The number of nitrogens with one attached hydrogen (secondary N) is 2. The Morgan fingerprint density at radius 1 is 1.00 bits per heavy atom. The van der Waals surface area contributed by atoms with E-state index in [9.17, 15) is 9.00 Å². The number of hydroxylamine groups is 1. The highest BCUT2D eigenvalue weighted by atomic mass is 32.2. The summed E-state index contributed by atoms with van der Waals surface area (Å²) in [5.41, 5.74) is 6.00. The van der Waals surface area contributed by atoms with Gasteiger partial charge in [-0.3, -0.25) is 14.3 Å². The molecule has 3 aromatic rings. The van der Waals surface area contributed by atoms with Crippen LogP contribution in [-0.4, -0.2) is 69.3 Å². The average Bonchev–Trinajstić information content (AvgIpc) is 3.36. The Balaban J connectivity index is 1.44. The van der Waals surface area contributed by atoms with E-state index in [1.54, 1.807) is 5.48 Å². The molecule has 2 aromatic carbocycles. The van der Waals surface area contributed by atoms with Crippen molar-refractivity contribution in [3.8, 4) is 11.1 Å². The maximum absolute atomic E-state index is 13.6. The van der Waals surface area contributed by atoms with Crippen LogP contribution < -0.4 is 9.79 Å². The van der Waals surface area contributed by atoms with Crippen LogP contribution in [0.3, 0.4) is 0 Å². The van der Waals surface area contributed by atoms with E-state index in [1.165, 1.54) is 5.39 Å². The van der Waals surface area contributed by atoms with Gasteiger partial charge in [-0.1, -0.05) is 37.1 Å². The summed E-state index contributed by atoms with van der Waals surface area (Å²) < 4.78 is 17.6. The number of carbonyl (C=O) groups excluding carboxylic acids is 1. The van der Waals surface area contributed by atoms with Crippen molar-refractivity contribution in [2.24, 2.45) is 0 Å². The van der Waals surface area contributed by atoms with E-state index in [-0.39, 0.29) is 5.91 Å². The molecule has 188 valence electrons. The molecule has 1 aliphatic heterocycles. The van der Waals surface area contributed by atoms with Crippen molar-refractivity contribution < 1.29 is 14.2 Å².